The number of rotatable bonds is 1. The monoisotopic (exact) mass is 298 g/mol. The van der Waals surface area contributed by atoms with E-state index in [0.717, 1.165) is 43.5 Å². The van der Waals surface area contributed by atoms with Crippen molar-refractivity contribution in [1.29, 1.82) is 0 Å². The molecular weight excluding hydrogens is 283 g/mol. The third-order valence-corrected chi connectivity index (χ3v) is 4.80. The van der Waals surface area contributed by atoms with Gasteiger partial charge in [-0.15, -0.1) is 0 Å². The highest BCUT2D eigenvalue weighted by atomic mass is 35.5. The molecular formula is C14H16Cl2N2O. The number of fused-ring (bicyclic) bond motifs is 1. The number of hydrogen-bond acceptors (Lipinski definition) is 2. The molecule has 19 heavy (non-hydrogen) atoms. The van der Waals surface area contributed by atoms with Crippen LogP contribution in [-0.2, 0) is 17.8 Å². The van der Waals surface area contributed by atoms with E-state index in [1.54, 1.807) is 0 Å². The Bertz CT molecular complexity index is 512. The average Bonchev–Trinajstić information content (AvgIpc) is 2.96. The van der Waals surface area contributed by atoms with Gasteiger partial charge in [0, 0.05) is 13.1 Å². The first kappa shape index (κ1) is 13.2. The van der Waals surface area contributed by atoms with Crippen LogP contribution in [0.25, 0.3) is 0 Å². The van der Waals surface area contributed by atoms with Gasteiger partial charge >= 0.3 is 0 Å². The minimum Gasteiger partial charge on any atom is -0.337 e. The summed E-state index contributed by atoms with van der Waals surface area (Å²) in [4.78, 5) is 14.3. The molecule has 1 N–H and O–H groups in total. The first-order chi connectivity index (χ1) is 9.16. The Morgan fingerprint density at radius 3 is 2.95 bits per heavy atom. The lowest BCUT2D eigenvalue weighted by molar-refractivity contribution is -0.134. The van der Waals surface area contributed by atoms with Gasteiger partial charge < -0.3 is 10.2 Å². The molecule has 0 aliphatic carbocycles. The quantitative estimate of drug-likeness (QED) is 0.864. The molecule has 3 nitrogen and oxygen atoms in total. The standard InChI is InChI=1S/C14H16Cl2N2O/c15-11-4-3-9-8-18(7-5-10(9)13(11)16)14(19)12-2-1-6-17-12/h3-4,12,17H,1-2,5-8H2. The molecule has 0 saturated carbocycles. The van der Waals surface area contributed by atoms with E-state index in [1.807, 2.05) is 17.0 Å². The molecule has 1 saturated heterocycles. The number of hydrogen-bond donors (Lipinski definition) is 1. The first-order valence-corrected chi connectivity index (χ1v) is 7.40. The fourth-order valence-corrected chi connectivity index (χ4v) is 3.34. The summed E-state index contributed by atoms with van der Waals surface area (Å²) in [5, 5.41) is 4.50. The van der Waals surface area contributed by atoms with Gasteiger partial charge in [0.05, 0.1) is 16.1 Å². The topological polar surface area (TPSA) is 32.3 Å². The molecule has 1 aromatic carbocycles. The molecule has 1 amide bonds. The summed E-state index contributed by atoms with van der Waals surface area (Å²) in [7, 11) is 0. The van der Waals surface area contributed by atoms with Gasteiger partial charge in [-0.25, -0.2) is 0 Å². The van der Waals surface area contributed by atoms with Crippen LogP contribution in [0.15, 0.2) is 12.1 Å². The highest BCUT2D eigenvalue weighted by Crippen LogP contribution is 2.32. The van der Waals surface area contributed by atoms with Crippen molar-refractivity contribution in [2.24, 2.45) is 0 Å². The van der Waals surface area contributed by atoms with Gasteiger partial charge in [-0.3, -0.25) is 4.79 Å². The number of halogens is 2. The third kappa shape index (κ3) is 2.47. The first-order valence-electron chi connectivity index (χ1n) is 6.65. The van der Waals surface area contributed by atoms with E-state index >= 15 is 0 Å². The third-order valence-electron chi connectivity index (χ3n) is 3.96. The van der Waals surface area contributed by atoms with Crippen LogP contribution in [0, 0.1) is 0 Å². The van der Waals surface area contributed by atoms with Gasteiger partial charge in [-0.05, 0) is 43.0 Å². The molecule has 0 radical (unpaired) electrons. The van der Waals surface area contributed by atoms with Crippen LogP contribution in [0.4, 0.5) is 0 Å². The van der Waals surface area contributed by atoms with E-state index in [0.29, 0.717) is 16.6 Å². The molecule has 1 aromatic rings. The van der Waals surface area contributed by atoms with Gasteiger partial charge in [0.15, 0.2) is 0 Å². The van der Waals surface area contributed by atoms with Crippen molar-refractivity contribution in [2.75, 3.05) is 13.1 Å². The van der Waals surface area contributed by atoms with Crippen molar-refractivity contribution >= 4 is 29.1 Å². The molecule has 2 aliphatic rings. The zero-order chi connectivity index (χ0) is 13.4. The maximum atomic E-state index is 12.4. The second kappa shape index (κ2) is 5.31. The van der Waals surface area contributed by atoms with E-state index in [-0.39, 0.29) is 11.9 Å². The highest BCUT2D eigenvalue weighted by Gasteiger charge is 2.29. The minimum absolute atomic E-state index is 0.00400. The van der Waals surface area contributed by atoms with E-state index in [4.69, 9.17) is 23.2 Å². The molecule has 102 valence electrons. The van der Waals surface area contributed by atoms with Crippen molar-refractivity contribution in [1.82, 2.24) is 10.2 Å². The number of amides is 1. The van der Waals surface area contributed by atoms with Crippen LogP contribution >= 0.6 is 23.2 Å². The fourth-order valence-electron chi connectivity index (χ4n) is 2.89. The maximum absolute atomic E-state index is 12.4. The smallest absolute Gasteiger partial charge is 0.240 e. The largest absolute Gasteiger partial charge is 0.337 e. The molecule has 5 heteroatoms. The maximum Gasteiger partial charge on any atom is 0.240 e. The Morgan fingerprint density at radius 2 is 2.21 bits per heavy atom. The molecule has 0 bridgehead atoms. The van der Waals surface area contributed by atoms with Crippen LogP contribution in [0.3, 0.4) is 0 Å². The number of nitrogens with one attached hydrogen (secondary N) is 1. The van der Waals surface area contributed by atoms with Gasteiger partial charge in [0.1, 0.15) is 0 Å². The summed E-state index contributed by atoms with van der Waals surface area (Å²) >= 11 is 12.2. The van der Waals surface area contributed by atoms with Crippen LogP contribution in [-0.4, -0.2) is 29.9 Å². The molecule has 2 aliphatic heterocycles. The molecule has 0 aromatic heterocycles. The Balaban J connectivity index is 1.78. The molecule has 2 heterocycles. The number of carbonyl (C=O) groups excluding carboxylic acids is 1. The average molecular weight is 299 g/mol. The summed E-state index contributed by atoms with van der Waals surface area (Å²) in [5.41, 5.74) is 2.21. The Labute approximate surface area is 122 Å². The Morgan fingerprint density at radius 1 is 1.37 bits per heavy atom. The SMILES string of the molecule is O=C(C1CCCN1)N1CCc2c(ccc(Cl)c2Cl)C1. The molecule has 1 unspecified atom stereocenters. The zero-order valence-electron chi connectivity index (χ0n) is 10.6. The van der Waals surface area contributed by atoms with Gasteiger partial charge in [0.2, 0.25) is 5.91 Å². The van der Waals surface area contributed by atoms with E-state index in [2.05, 4.69) is 5.32 Å². The van der Waals surface area contributed by atoms with Crippen LogP contribution in [0.1, 0.15) is 24.0 Å². The van der Waals surface area contributed by atoms with E-state index < -0.39 is 0 Å². The summed E-state index contributed by atoms with van der Waals surface area (Å²) in [5.74, 6) is 0.217. The van der Waals surface area contributed by atoms with Gasteiger partial charge in [0.25, 0.3) is 0 Å². The zero-order valence-corrected chi connectivity index (χ0v) is 12.1. The summed E-state index contributed by atoms with van der Waals surface area (Å²) < 4.78 is 0. The van der Waals surface area contributed by atoms with Crippen molar-refractivity contribution in [3.8, 4) is 0 Å². The van der Waals surface area contributed by atoms with Crippen LogP contribution in [0.5, 0.6) is 0 Å². The summed E-state index contributed by atoms with van der Waals surface area (Å²) in [6.45, 7) is 2.32. The van der Waals surface area contributed by atoms with Crippen LogP contribution < -0.4 is 5.32 Å². The van der Waals surface area contributed by atoms with E-state index in [1.165, 1.54) is 0 Å². The highest BCUT2D eigenvalue weighted by molar-refractivity contribution is 6.42. The number of carbonyl (C=O) groups is 1. The lowest BCUT2D eigenvalue weighted by atomic mass is 9.99. The molecule has 3 rings (SSSR count). The molecule has 1 atom stereocenters. The van der Waals surface area contributed by atoms with Crippen molar-refractivity contribution in [3.63, 3.8) is 0 Å². The Hall–Kier alpha value is -0.770. The second-order valence-electron chi connectivity index (χ2n) is 5.16. The summed E-state index contributed by atoms with van der Waals surface area (Å²) in [6, 6.07) is 3.79. The fraction of sp³-hybridized carbons (Fsp3) is 0.500. The summed E-state index contributed by atoms with van der Waals surface area (Å²) in [6.07, 6.45) is 2.82. The predicted molar refractivity (Wildman–Crippen MR) is 76.6 cm³/mol. The number of benzene rings is 1. The molecule has 1 fully saturated rings. The van der Waals surface area contributed by atoms with Gasteiger partial charge in [-0.2, -0.15) is 0 Å². The van der Waals surface area contributed by atoms with Crippen molar-refractivity contribution in [2.45, 2.75) is 31.8 Å². The lowest BCUT2D eigenvalue weighted by Crippen LogP contribution is -2.45. The minimum atomic E-state index is 0.00400. The van der Waals surface area contributed by atoms with Gasteiger partial charge in [-0.1, -0.05) is 29.3 Å². The number of nitrogens with zero attached hydrogens (tertiary/aromatic N) is 1. The lowest BCUT2D eigenvalue weighted by Gasteiger charge is -2.31. The molecule has 0 spiro atoms. The van der Waals surface area contributed by atoms with Crippen molar-refractivity contribution in [3.05, 3.63) is 33.3 Å². The Kier molecular flexibility index (Phi) is 3.70. The second-order valence-corrected chi connectivity index (χ2v) is 5.94. The van der Waals surface area contributed by atoms with Crippen LogP contribution in [0.2, 0.25) is 10.0 Å². The van der Waals surface area contributed by atoms with Crippen molar-refractivity contribution < 1.29 is 4.79 Å². The van der Waals surface area contributed by atoms with E-state index in [9.17, 15) is 4.79 Å². The normalized spacial score (nSPS) is 22.4. The predicted octanol–water partition coefficient (Wildman–Crippen LogP) is 2.63.